The van der Waals surface area contributed by atoms with E-state index in [0.29, 0.717) is 17.2 Å². The number of ether oxygens (including phenoxy) is 1. The van der Waals surface area contributed by atoms with Crippen molar-refractivity contribution < 1.29 is 18.7 Å². The molecule has 2 amide bonds. The lowest BCUT2D eigenvalue weighted by Crippen LogP contribution is -2.36. The molecule has 6 heteroatoms. The predicted octanol–water partition coefficient (Wildman–Crippen LogP) is 4.53. The van der Waals surface area contributed by atoms with Crippen LogP contribution in [-0.2, 0) is 22.6 Å². The number of furan rings is 1. The molecule has 1 heterocycles. The number of para-hydroxylation sites is 2. The molecule has 3 aromatic rings. The van der Waals surface area contributed by atoms with Crippen LogP contribution in [0.5, 0.6) is 5.75 Å². The van der Waals surface area contributed by atoms with Gasteiger partial charge in [-0.1, -0.05) is 43.3 Å². The van der Waals surface area contributed by atoms with Gasteiger partial charge in [0.05, 0.1) is 25.6 Å². The van der Waals surface area contributed by atoms with E-state index in [-0.39, 0.29) is 24.9 Å². The molecule has 3 rings (SSSR count). The van der Waals surface area contributed by atoms with Crippen LogP contribution in [0.25, 0.3) is 6.08 Å². The maximum atomic E-state index is 12.9. The first-order chi connectivity index (χ1) is 15.1. The normalized spacial score (nSPS) is 10.8. The topological polar surface area (TPSA) is 71.8 Å². The second-order valence-corrected chi connectivity index (χ2v) is 6.95. The Morgan fingerprint density at radius 2 is 1.84 bits per heavy atom. The van der Waals surface area contributed by atoms with Gasteiger partial charge in [0.1, 0.15) is 18.1 Å². The van der Waals surface area contributed by atoms with Gasteiger partial charge < -0.3 is 19.4 Å². The second-order valence-electron chi connectivity index (χ2n) is 6.95. The first-order valence-electron chi connectivity index (χ1n) is 10.1. The van der Waals surface area contributed by atoms with Gasteiger partial charge in [-0.05, 0) is 47.9 Å². The SMILES string of the molecule is CCc1ccc(/C=C/C(=O)N(CC(=O)Nc2ccccc2OC)Cc2ccco2)cc1. The van der Waals surface area contributed by atoms with Gasteiger partial charge in [-0.3, -0.25) is 9.59 Å². The van der Waals surface area contributed by atoms with Crippen LogP contribution in [0, 0.1) is 0 Å². The molecule has 31 heavy (non-hydrogen) atoms. The molecule has 2 aromatic carbocycles. The first kappa shape index (κ1) is 21.9. The summed E-state index contributed by atoms with van der Waals surface area (Å²) in [6.07, 6.45) is 5.72. The maximum absolute atomic E-state index is 12.9. The van der Waals surface area contributed by atoms with Crippen LogP contribution in [0.1, 0.15) is 23.8 Å². The summed E-state index contributed by atoms with van der Waals surface area (Å²) in [5.41, 5.74) is 2.70. The predicted molar refractivity (Wildman–Crippen MR) is 121 cm³/mol. The molecule has 0 bridgehead atoms. The molecule has 6 nitrogen and oxygen atoms in total. The van der Waals surface area contributed by atoms with Crippen molar-refractivity contribution >= 4 is 23.6 Å². The van der Waals surface area contributed by atoms with E-state index in [2.05, 4.69) is 12.2 Å². The van der Waals surface area contributed by atoms with Crippen LogP contribution in [0.3, 0.4) is 0 Å². The Bertz CT molecular complexity index is 1020. The minimum absolute atomic E-state index is 0.128. The van der Waals surface area contributed by atoms with Crippen molar-refractivity contribution in [1.29, 1.82) is 0 Å². The van der Waals surface area contributed by atoms with Crippen molar-refractivity contribution in [3.63, 3.8) is 0 Å². The number of nitrogens with zero attached hydrogens (tertiary/aromatic N) is 1. The molecule has 1 N–H and O–H groups in total. The largest absolute Gasteiger partial charge is 0.495 e. The highest BCUT2D eigenvalue weighted by atomic mass is 16.5. The molecule has 0 fully saturated rings. The standard InChI is InChI=1S/C25H26N2O4/c1-3-19-10-12-20(13-11-19)14-15-25(29)27(17-21-7-6-16-31-21)18-24(28)26-22-8-4-5-9-23(22)30-2/h4-16H,3,17-18H2,1-2H3,(H,26,28)/b15-14+. The Morgan fingerprint density at radius 1 is 1.06 bits per heavy atom. The van der Waals surface area contributed by atoms with E-state index in [1.165, 1.54) is 29.9 Å². The number of methoxy groups -OCH3 is 1. The van der Waals surface area contributed by atoms with E-state index in [1.54, 1.807) is 36.4 Å². The van der Waals surface area contributed by atoms with Crippen molar-refractivity contribution in [1.82, 2.24) is 4.90 Å². The molecule has 0 saturated heterocycles. The van der Waals surface area contributed by atoms with Crippen LogP contribution in [0.15, 0.2) is 77.4 Å². The Balaban J connectivity index is 1.71. The van der Waals surface area contributed by atoms with Crippen LogP contribution in [0.4, 0.5) is 5.69 Å². The number of aryl methyl sites for hydroxylation is 1. The Morgan fingerprint density at radius 3 is 2.52 bits per heavy atom. The van der Waals surface area contributed by atoms with Gasteiger partial charge >= 0.3 is 0 Å². The third-order valence-corrected chi connectivity index (χ3v) is 4.76. The number of anilines is 1. The van der Waals surface area contributed by atoms with E-state index < -0.39 is 0 Å². The van der Waals surface area contributed by atoms with Gasteiger partial charge in [-0.2, -0.15) is 0 Å². The Kier molecular flexibility index (Phi) is 7.65. The fourth-order valence-electron chi connectivity index (χ4n) is 3.05. The van der Waals surface area contributed by atoms with Crippen molar-refractivity contribution in [2.45, 2.75) is 19.9 Å². The molecule has 0 radical (unpaired) electrons. The molecule has 0 unspecified atom stereocenters. The summed E-state index contributed by atoms with van der Waals surface area (Å²) in [7, 11) is 1.54. The maximum Gasteiger partial charge on any atom is 0.247 e. The van der Waals surface area contributed by atoms with Crippen LogP contribution < -0.4 is 10.1 Å². The van der Waals surface area contributed by atoms with E-state index in [9.17, 15) is 9.59 Å². The number of carbonyl (C=O) groups is 2. The molecular weight excluding hydrogens is 392 g/mol. The zero-order chi connectivity index (χ0) is 22.1. The minimum Gasteiger partial charge on any atom is -0.495 e. The van der Waals surface area contributed by atoms with Crippen molar-refractivity contribution in [2.75, 3.05) is 19.0 Å². The Hall–Kier alpha value is -3.80. The fraction of sp³-hybridized carbons (Fsp3) is 0.200. The van der Waals surface area contributed by atoms with Gasteiger partial charge in [-0.25, -0.2) is 0 Å². The summed E-state index contributed by atoms with van der Waals surface area (Å²) in [4.78, 5) is 27.0. The number of carbonyl (C=O) groups excluding carboxylic acids is 2. The van der Waals surface area contributed by atoms with E-state index >= 15 is 0 Å². The van der Waals surface area contributed by atoms with E-state index in [0.717, 1.165) is 12.0 Å². The first-order valence-corrected chi connectivity index (χ1v) is 10.1. The van der Waals surface area contributed by atoms with Gasteiger partial charge in [-0.15, -0.1) is 0 Å². The molecule has 160 valence electrons. The highest BCUT2D eigenvalue weighted by molar-refractivity contribution is 5.98. The quantitative estimate of drug-likeness (QED) is 0.518. The summed E-state index contributed by atoms with van der Waals surface area (Å²) in [6, 6.07) is 18.6. The number of hydrogen-bond donors (Lipinski definition) is 1. The molecule has 0 saturated carbocycles. The average Bonchev–Trinajstić information content (AvgIpc) is 3.31. The van der Waals surface area contributed by atoms with Crippen LogP contribution in [-0.4, -0.2) is 30.4 Å². The van der Waals surface area contributed by atoms with Crippen molar-refractivity contribution in [3.8, 4) is 5.75 Å². The van der Waals surface area contributed by atoms with Crippen molar-refractivity contribution in [2.24, 2.45) is 0 Å². The molecular formula is C25H26N2O4. The molecule has 0 atom stereocenters. The molecule has 0 aliphatic carbocycles. The lowest BCUT2D eigenvalue weighted by atomic mass is 10.1. The number of benzene rings is 2. The summed E-state index contributed by atoms with van der Waals surface area (Å²) in [5.74, 6) is 0.533. The monoisotopic (exact) mass is 418 g/mol. The molecule has 0 aliphatic heterocycles. The van der Waals surface area contributed by atoms with Gasteiger partial charge in [0.2, 0.25) is 11.8 Å². The summed E-state index contributed by atoms with van der Waals surface area (Å²) >= 11 is 0. The van der Waals surface area contributed by atoms with Crippen LogP contribution >= 0.6 is 0 Å². The minimum atomic E-state index is -0.329. The average molecular weight is 418 g/mol. The number of hydrogen-bond acceptors (Lipinski definition) is 4. The van der Waals surface area contributed by atoms with Crippen molar-refractivity contribution in [3.05, 3.63) is 89.9 Å². The Labute approximate surface area is 182 Å². The molecule has 1 aromatic heterocycles. The van der Waals surface area contributed by atoms with Crippen LogP contribution in [0.2, 0.25) is 0 Å². The number of nitrogens with one attached hydrogen (secondary N) is 1. The van der Waals surface area contributed by atoms with Gasteiger partial charge in [0.15, 0.2) is 0 Å². The smallest absolute Gasteiger partial charge is 0.247 e. The lowest BCUT2D eigenvalue weighted by Gasteiger charge is -2.20. The third-order valence-electron chi connectivity index (χ3n) is 4.76. The van der Waals surface area contributed by atoms with E-state index in [4.69, 9.17) is 9.15 Å². The summed E-state index contributed by atoms with van der Waals surface area (Å²) < 4.78 is 10.6. The highest BCUT2D eigenvalue weighted by Gasteiger charge is 2.18. The molecule has 0 spiro atoms. The summed E-state index contributed by atoms with van der Waals surface area (Å²) in [6.45, 7) is 2.15. The second kappa shape index (κ2) is 10.8. The van der Waals surface area contributed by atoms with E-state index in [1.807, 2.05) is 30.3 Å². The highest BCUT2D eigenvalue weighted by Crippen LogP contribution is 2.23. The number of rotatable bonds is 9. The zero-order valence-electron chi connectivity index (χ0n) is 17.7. The fourth-order valence-corrected chi connectivity index (χ4v) is 3.05. The zero-order valence-corrected chi connectivity index (χ0v) is 17.7. The van der Waals surface area contributed by atoms with Gasteiger partial charge in [0, 0.05) is 6.08 Å². The lowest BCUT2D eigenvalue weighted by molar-refractivity contribution is -0.131. The summed E-state index contributed by atoms with van der Waals surface area (Å²) in [5, 5.41) is 2.80. The van der Waals surface area contributed by atoms with Gasteiger partial charge in [0.25, 0.3) is 0 Å². The third kappa shape index (κ3) is 6.34. The molecule has 0 aliphatic rings. The number of amides is 2.